The fourth-order valence-electron chi connectivity index (χ4n) is 4.13. The van der Waals surface area contributed by atoms with Crippen molar-refractivity contribution in [2.45, 2.75) is 51.4 Å². The summed E-state index contributed by atoms with van der Waals surface area (Å²) in [6, 6.07) is 7.01. The summed E-state index contributed by atoms with van der Waals surface area (Å²) in [5.74, 6) is 0.803. The second-order valence-corrected chi connectivity index (χ2v) is 16.9. The molecule has 0 radical (unpaired) electrons. The molecule has 206 valence electrons. The van der Waals surface area contributed by atoms with Crippen LogP contribution in [0.25, 0.3) is 22.4 Å². The monoisotopic (exact) mass is 561 g/mol. The summed E-state index contributed by atoms with van der Waals surface area (Å²) in [4.78, 5) is 27.8. The van der Waals surface area contributed by atoms with Crippen molar-refractivity contribution in [2.24, 2.45) is 5.92 Å². The number of esters is 1. The number of imidazole rings is 1. The van der Waals surface area contributed by atoms with Crippen LogP contribution in [-0.2, 0) is 21.0 Å². The van der Waals surface area contributed by atoms with Crippen LogP contribution in [0.5, 0.6) is 11.9 Å². The van der Waals surface area contributed by atoms with Crippen LogP contribution < -0.4 is 14.4 Å². The van der Waals surface area contributed by atoms with Crippen molar-refractivity contribution in [3.05, 3.63) is 23.2 Å². The maximum absolute atomic E-state index is 11.8. The number of hydrogen-bond acceptors (Lipinski definition) is 9. The molecule has 12 heteroatoms. The molecule has 4 rings (SSSR count). The van der Waals surface area contributed by atoms with Gasteiger partial charge in [0.25, 0.3) is 0 Å². The number of hydrogen-bond donors (Lipinski definition) is 0. The average Bonchev–Trinajstić information content (AvgIpc) is 3.17. The van der Waals surface area contributed by atoms with E-state index in [1.165, 1.54) is 7.11 Å². The Bertz CT molecular complexity index is 1300. The molecule has 3 heterocycles. The quantitative estimate of drug-likeness (QED) is 0.184. The molecule has 0 amide bonds. The number of rotatable bonds is 11. The molecule has 0 aliphatic heterocycles. The van der Waals surface area contributed by atoms with Crippen LogP contribution in [0.4, 0.5) is 5.82 Å². The number of aromatic nitrogens is 4. The number of anilines is 1. The summed E-state index contributed by atoms with van der Waals surface area (Å²) in [6.07, 6.45) is 1.01. The summed E-state index contributed by atoms with van der Waals surface area (Å²) >= 11 is 6.76. The second-order valence-electron chi connectivity index (χ2n) is 10.9. The molecule has 1 saturated carbocycles. The van der Waals surface area contributed by atoms with E-state index in [9.17, 15) is 4.79 Å². The number of carbonyl (C=O) groups is 1. The van der Waals surface area contributed by atoms with E-state index in [2.05, 4.69) is 24.6 Å². The minimum Gasteiger partial charge on any atom is -0.480 e. The molecule has 0 spiro atoms. The molecule has 0 N–H and O–H groups in total. The van der Waals surface area contributed by atoms with Crippen molar-refractivity contribution < 1.29 is 23.7 Å². The van der Waals surface area contributed by atoms with Gasteiger partial charge in [-0.2, -0.15) is 9.97 Å². The molecule has 0 bridgehead atoms. The zero-order valence-corrected chi connectivity index (χ0v) is 24.8. The molecule has 0 unspecified atom stereocenters. The third-order valence-corrected chi connectivity index (χ3v) is 8.52. The Balaban J connectivity index is 1.67. The Hall–Kier alpha value is -2.89. The SMILES string of the molecule is COC(=O)C1CC(Oc2nc3nc(-c4ccc(N(C)C)nc4OC)c(Cl)cc3n2COCC[Si](C)(C)C)C1. The van der Waals surface area contributed by atoms with E-state index in [-0.39, 0.29) is 24.7 Å². The summed E-state index contributed by atoms with van der Waals surface area (Å²) < 4.78 is 24.5. The van der Waals surface area contributed by atoms with E-state index in [0.29, 0.717) is 58.8 Å². The van der Waals surface area contributed by atoms with E-state index in [1.807, 2.05) is 41.8 Å². The molecule has 3 aromatic rings. The van der Waals surface area contributed by atoms with Crippen molar-refractivity contribution in [2.75, 3.05) is 39.8 Å². The second kappa shape index (κ2) is 11.5. The van der Waals surface area contributed by atoms with Gasteiger partial charge in [0.05, 0.1) is 41.9 Å². The lowest BCUT2D eigenvalue weighted by Gasteiger charge is -2.32. The van der Waals surface area contributed by atoms with Crippen molar-refractivity contribution in [3.8, 4) is 23.1 Å². The Morgan fingerprint density at radius 3 is 2.53 bits per heavy atom. The van der Waals surface area contributed by atoms with Crippen molar-refractivity contribution in [3.63, 3.8) is 0 Å². The molecule has 0 atom stereocenters. The number of ether oxygens (including phenoxy) is 4. The predicted molar refractivity (Wildman–Crippen MR) is 150 cm³/mol. The molecule has 1 aliphatic carbocycles. The first-order valence-electron chi connectivity index (χ1n) is 12.6. The first kappa shape index (κ1) is 28.1. The van der Waals surface area contributed by atoms with Gasteiger partial charge in [0.15, 0.2) is 5.65 Å². The molecular formula is C26H36ClN5O5Si. The number of halogens is 1. The number of nitrogens with zero attached hydrogens (tertiary/aromatic N) is 5. The van der Waals surface area contributed by atoms with E-state index in [1.54, 1.807) is 7.11 Å². The Labute approximate surface area is 229 Å². The zero-order chi connectivity index (χ0) is 27.6. The van der Waals surface area contributed by atoms with Crippen LogP contribution in [0.3, 0.4) is 0 Å². The molecule has 0 aromatic carbocycles. The van der Waals surface area contributed by atoms with Crippen molar-refractivity contribution >= 4 is 42.6 Å². The number of carbonyl (C=O) groups excluding carboxylic acids is 1. The van der Waals surface area contributed by atoms with E-state index >= 15 is 0 Å². The van der Waals surface area contributed by atoms with Crippen molar-refractivity contribution in [1.29, 1.82) is 0 Å². The molecule has 1 aliphatic rings. The first-order valence-corrected chi connectivity index (χ1v) is 16.7. The van der Waals surface area contributed by atoms with Gasteiger partial charge in [-0.1, -0.05) is 31.2 Å². The predicted octanol–water partition coefficient (Wildman–Crippen LogP) is 4.86. The van der Waals surface area contributed by atoms with Gasteiger partial charge in [0.2, 0.25) is 5.88 Å². The summed E-state index contributed by atoms with van der Waals surface area (Å²) in [5.41, 5.74) is 2.34. The summed E-state index contributed by atoms with van der Waals surface area (Å²) in [6.45, 7) is 7.83. The third kappa shape index (κ3) is 6.21. The highest BCUT2D eigenvalue weighted by molar-refractivity contribution is 6.76. The average molecular weight is 562 g/mol. The van der Waals surface area contributed by atoms with Crippen LogP contribution in [0.2, 0.25) is 30.7 Å². The van der Waals surface area contributed by atoms with E-state index in [0.717, 1.165) is 11.9 Å². The van der Waals surface area contributed by atoms with Crippen LogP contribution in [0.1, 0.15) is 12.8 Å². The number of methoxy groups -OCH3 is 2. The number of fused-ring (bicyclic) bond motifs is 1. The van der Waals surface area contributed by atoms with Gasteiger partial charge in [-0.3, -0.25) is 9.36 Å². The summed E-state index contributed by atoms with van der Waals surface area (Å²) in [7, 11) is 5.54. The Kier molecular flexibility index (Phi) is 8.48. The smallest absolute Gasteiger partial charge is 0.308 e. The lowest BCUT2D eigenvalue weighted by atomic mass is 9.82. The van der Waals surface area contributed by atoms with Gasteiger partial charge in [-0.15, -0.1) is 0 Å². The Morgan fingerprint density at radius 1 is 1.16 bits per heavy atom. The van der Waals surface area contributed by atoms with Gasteiger partial charge in [0.1, 0.15) is 18.7 Å². The lowest BCUT2D eigenvalue weighted by Crippen LogP contribution is -2.39. The Morgan fingerprint density at radius 2 is 1.89 bits per heavy atom. The molecular weight excluding hydrogens is 526 g/mol. The molecule has 1 fully saturated rings. The third-order valence-electron chi connectivity index (χ3n) is 6.53. The normalized spacial score (nSPS) is 17.3. The fourth-order valence-corrected chi connectivity index (χ4v) is 5.13. The first-order chi connectivity index (χ1) is 18.0. The van der Waals surface area contributed by atoms with Gasteiger partial charge in [0, 0.05) is 28.8 Å². The highest BCUT2D eigenvalue weighted by Gasteiger charge is 2.38. The molecule has 38 heavy (non-hydrogen) atoms. The molecule has 3 aromatic heterocycles. The van der Waals surface area contributed by atoms with Crippen LogP contribution >= 0.6 is 11.6 Å². The number of pyridine rings is 2. The molecule has 0 saturated heterocycles. The topological polar surface area (TPSA) is 101 Å². The zero-order valence-electron chi connectivity index (χ0n) is 23.1. The highest BCUT2D eigenvalue weighted by Crippen LogP contribution is 2.37. The van der Waals surface area contributed by atoms with Crippen LogP contribution in [-0.4, -0.2) is 74.6 Å². The standard InChI is InChI=1S/C26H36ClN5O5Si/c1-31(2)21-9-8-18(24(28-21)34-3)22-19(27)14-20-23(29-22)30-26(32(20)15-36-10-11-38(5,6)7)37-17-12-16(13-17)25(33)35-4/h8-9,14,16-17H,10-13,15H2,1-7H3. The summed E-state index contributed by atoms with van der Waals surface area (Å²) in [5, 5.41) is 0.430. The van der Waals surface area contributed by atoms with Gasteiger partial charge in [-0.25, -0.2) is 4.98 Å². The fraction of sp³-hybridized carbons (Fsp3) is 0.538. The van der Waals surface area contributed by atoms with Crippen LogP contribution in [0.15, 0.2) is 18.2 Å². The minimum absolute atomic E-state index is 0.144. The minimum atomic E-state index is -1.24. The van der Waals surface area contributed by atoms with Gasteiger partial charge >= 0.3 is 12.0 Å². The maximum Gasteiger partial charge on any atom is 0.308 e. The van der Waals surface area contributed by atoms with Crippen LogP contribution in [0, 0.1) is 5.92 Å². The highest BCUT2D eigenvalue weighted by atomic mass is 35.5. The van der Waals surface area contributed by atoms with E-state index in [4.69, 9.17) is 40.5 Å². The lowest BCUT2D eigenvalue weighted by molar-refractivity contribution is -0.151. The van der Waals surface area contributed by atoms with Gasteiger partial charge < -0.3 is 23.8 Å². The maximum atomic E-state index is 11.8. The molecule has 10 nitrogen and oxygen atoms in total. The largest absolute Gasteiger partial charge is 0.480 e. The van der Waals surface area contributed by atoms with Gasteiger partial charge in [-0.05, 0) is 37.1 Å². The van der Waals surface area contributed by atoms with E-state index < -0.39 is 8.07 Å². The van der Waals surface area contributed by atoms with Crippen molar-refractivity contribution in [1.82, 2.24) is 19.5 Å².